The first kappa shape index (κ1) is 24.5. The van der Waals surface area contributed by atoms with Gasteiger partial charge in [0.15, 0.2) is 11.5 Å². The first-order valence-electron chi connectivity index (χ1n) is 10.4. The molecule has 9 heteroatoms. The summed E-state index contributed by atoms with van der Waals surface area (Å²) >= 11 is 0. The first-order chi connectivity index (χ1) is 15.5. The zero-order valence-electron chi connectivity index (χ0n) is 19.3. The van der Waals surface area contributed by atoms with Crippen LogP contribution < -0.4 is 19.3 Å². The number of methoxy groups -OCH3 is 2. The molecule has 0 radical (unpaired) electrons. The summed E-state index contributed by atoms with van der Waals surface area (Å²) in [5.41, 5.74) is 1.25. The third kappa shape index (κ3) is 5.43. The fourth-order valence-corrected chi connectivity index (χ4v) is 3.92. The Morgan fingerprint density at radius 1 is 1.03 bits per heavy atom. The number of primary sulfonamides is 1. The molecule has 0 amide bonds. The van der Waals surface area contributed by atoms with Crippen molar-refractivity contribution in [3.8, 4) is 17.2 Å². The molecule has 33 heavy (non-hydrogen) atoms. The molecule has 2 aromatic carbocycles. The van der Waals surface area contributed by atoms with Gasteiger partial charge in [0.1, 0.15) is 11.4 Å². The largest absolute Gasteiger partial charge is 0.493 e. The maximum absolute atomic E-state index is 13.4. The third-order valence-electron chi connectivity index (χ3n) is 5.23. The van der Waals surface area contributed by atoms with Gasteiger partial charge in [0, 0.05) is 17.1 Å². The highest BCUT2D eigenvalue weighted by Gasteiger charge is 2.23. The highest BCUT2D eigenvalue weighted by molar-refractivity contribution is 7.89. The van der Waals surface area contributed by atoms with Gasteiger partial charge < -0.3 is 14.2 Å². The molecular weight excluding hydrogens is 444 g/mol. The minimum atomic E-state index is -3.75. The lowest BCUT2D eigenvalue weighted by molar-refractivity contribution is 0.103. The van der Waals surface area contributed by atoms with Crippen LogP contribution in [0.5, 0.6) is 17.2 Å². The number of aromatic nitrogens is 1. The molecule has 2 N–H and O–H groups in total. The Labute approximate surface area is 193 Å². The van der Waals surface area contributed by atoms with Gasteiger partial charge >= 0.3 is 0 Å². The number of pyridine rings is 1. The van der Waals surface area contributed by atoms with E-state index in [1.807, 2.05) is 13.8 Å². The van der Waals surface area contributed by atoms with Crippen molar-refractivity contribution in [2.24, 2.45) is 5.14 Å². The van der Waals surface area contributed by atoms with Gasteiger partial charge in [-0.2, -0.15) is 0 Å². The average Bonchev–Trinajstić information content (AvgIpc) is 2.76. The van der Waals surface area contributed by atoms with E-state index in [-0.39, 0.29) is 24.0 Å². The molecule has 0 aliphatic rings. The number of hydrogen-bond donors (Lipinski definition) is 1. The lowest BCUT2D eigenvalue weighted by atomic mass is 9.97. The lowest BCUT2D eigenvalue weighted by Gasteiger charge is -2.16. The Hall–Kier alpha value is -3.17. The molecule has 1 aromatic heterocycles. The molecule has 1 unspecified atom stereocenters. The van der Waals surface area contributed by atoms with Crippen molar-refractivity contribution in [3.05, 3.63) is 59.4 Å². The first-order valence-corrected chi connectivity index (χ1v) is 12.0. The molecule has 0 bridgehead atoms. The van der Waals surface area contributed by atoms with Crippen LogP contribution in [0.1, 0.15) is 42.4 Å². The van der Waals surface area contributed by atoms with Crippen LogP contribution in [0.2, 0.25) is 0 Å². The second kappa shape index (κ2) is 9.76. The van der Waals surface area contributed by atoms with Gasteiger partial charge in [0.05, 0.1) is 25.6 Å². The molecule has 0 aliphatic carbocycles. The summed E-state index contributed by atoms with van der Waals surface area (Å²) in [4.78, 5) is 17.9. The predicted molar refractivity (Wildman–Crippen MR) is 127 cm³/mol. The second-order valence-corrected chi connectivity index (χ2v) is 9.99. The van der Waals surface area contributed by atoms with Gasteiger partial charge in [0.25, 0.3) is 0 Å². The fourth-order valence-electron chi connectivity index (χ4n) is 3.51. The van der Waals surface area contributed by atoms with Gasteiger partial charge in [-0.05, 0) is 62.4 Å². The summed E-state index contributed by atoms with van der Waals surface area (Å²) in [5, 5.41) is 5.64. The van der Waals surface area contributed by atoms with E-state index in [9.17, 15) is 13.2 Å². The van der Waals surface area contributed by atoms with Gasteiger partial charge in [-0.15, -0.1) is 0 Å². The maximum Gasteiger partial charge on any atom is 0.212 e. The van der Waals surface area contributed by atoms with E-state index in [0.717, 1.165) is 0 Å². The van der Waals surface area contributed by atoms with Gasteiger partial charge in [-0.25, -0.2) is 13.6 Å². The van der Waals surface area contributed by atoms with Gasteiger partial charge in [0.2, 0.25) is 15.8 Å². The third-order valence-corrected chi connectivity index (χ3v) is 6.51. The predicted octanol–water partition coefficient (Wildman–Crippen LogP) is 3.49. The number of carbonyl (C=O) groups excluding carboxylic acids is 1. The van der Waals surface area contributed by atoms with Crippen molar-refractivity contribution < 1.29 is 27.4 Å². The minimum absolute atomic E-state index is 0.0360. The number of ether oxygens (including phenoxy) is 3. The highest BCUT2D eigenvalue weighted by atomic mass is 32.2. The molecule has 3 aromatic rings. The Bertz CT molecular complexity index is 1290. The van der Waals surface area contributed by atoms with E-state index < -0.39 is 15.3 Å². The monoisotopic (exact) mass is 472 g/mol. The summed E-state index contributed by atoms with van der Waals surface area (Å²) in [7, 11) is -0.745. The molecule has 0 fully saturated rings. The number of ketones is 1. The standard InChI is InChI=1S/C24H28N2O6S/c1-14(2)32-18-8-6-7-16(10-18)24(27)23-20-12-22(31-5)21(30-4)11-19(20)17(13-26-23)9-15(3)33(25,28)29/h6-8,10-15H,9H2,1-5H3,(H2,25,28,29). The zero-order valence-corrected chi connectivity index (χ0v) is 20.1. The fraction of sp³-hybridized carbons (Fsp3) is 0.333. The quantitative estimate of drug-likeness (QED) is 0.474. The highest BCUT2D eigenvalue weighted by Crippen LogP contribution is 2.36. The number of rotatable bonds is 9. The molecule has 0 saturated heterocycles. The van der Waals surface area contributed by atoms with Crippen molar-refractivity contribution in [1.29, 1.82) is 0 Å². The van der Waals surface area contributed by atoms with Crippen LogP contribution in [0.25, 0.3) is 10.8 Å². The van der Waals surface area contributed by atoms with Crippen molar-refractivity contribution in [2.75, 3.05) is 14.2 Å². The summed E-state index contributed by atoms with van der Waals surface area (Å²) < 4.78 is 40.2. The Morgan fingerprint density at radius 2 is 1.67 bits per heavy atom. The van der Waals surface area contributed by atoms with E-state index in [2.05, 4.69) is 4.98 Å². The number of fused-ring (bicyclic) bond motifs is 1. The minimum Gasteiger partial charge on any atom is -0.493 e. The van der Waals surface area contributed by atoms with Crippen molar-refractivity contribution in [2.45, 2.75) is 38.5 Å². The number of hydrogen-bond acceptors (Lipinski definition) is 7. The lowest BCUT2D eigenvalue weighted by Crippen LogP contribution is -2.27. The summed E-state index contributed by atoms with van der Waals surface area (Å²) in [6, 6.07) is 10.3. The molecule has 0 aliphatic heterocycles. The average molecular weight is 473 g/mol. The number of sulfonamides is 1. The van der Waals surface area contributed by atoms with Crippen LogP contribution >= 0.6 is 0 Å². The second-order valence-electron chi connectivity index (χ2n) is 8.01. The summed E-state index contributed by atoms with van der Waals surface area (Å²) in [6.07, 6.45) is 1.60. The molecule has 176 valence electrons. The number of carbonyl (C=O) groups is 1. The van der Waals surface area contributed by atoms with Crippen LogP contribution in [-0.2, 0) is 16.4 Å². The zero-order chi connectivity index (χ0) is 24.3. The molecule has 1 heterocycles. The molecular formula is C24H28N2O6S. The number of nitrogens with zero attached hydrogens (tertiary/aromatic N) is 1. The van der Waals surface area contributed by atoms with Crippen LogP contribution in [0, 0.1) is 0 Å². The van der Waals surface area contributed by atoms with Crippen LogP contribution in [0.3, 0.4) is 0 Å². The SMILES string of the molecule is COc1cc2c(CC(C)S(N)(=O)=O)cnc(C(=O)c3cccc(OC(C)C)c3)c2cc1OC. The molecule has 0 saturated carbocycles. The van der Waals surface area contributed by atoms with Crippen LogP contribution in [-0.4, -0.2) is 44.8 Å². The van der Waals surface area contributed by atoms with E-state index in [4.69, 9.17) is 19.3 Å². The van der Waals surface area contributed by atoms with E-state index in [1.165, 1.54) is 27.3 Å². The van der Waals surface area contributed by atoms with Gasteiger partial charge in [-0.1, -0.05) is 12.1 Å². The smallest absolute Gasteiger partial charge is 0.212 e. The van der Waals surface area contributed by atoms with E-state index in [1.54, 1.807) is 36.4 Å². The van der Waals surface area contributed by atoms with E-state index >= 15 is 0 Å². The van der Waals surface area contributed by atoms with Crippen molar-refractivity contribution in [3.63, 3.8) is 0 Å². The maximum atomic E-state index is 13.4. The Balaban J connectivity index is 2.18. The van der Waals surface area contributed by atoms with Gasteiger partial charge in [-0.3, -0.25) is 9.78 Å². The molecule has 1 atom stereocenters. The van der Waals surface area contributed by atoms with Crippen LogP contribution in [0.15, 0.2) is 42.6 Å². The Kier molecular flexibility index (Phi) is 7.24. The molecule has 0 spiro atoms. The normalized spacial score (nSPS) is 12.6. The van der Waals surface area contributed by atoms with E-state index in [0.29, 0.717) is 39.1 Å². The van der Waals surface area contributed by atoms with Crippen LogP contribution in [0.4, 0.5) is 0 Å². The summed E-state index contributed by atoms with van der Waals surface area (Å²) in [6.45, 7) is 5.34. The topological polar surface area (TPSA) is 118 Å². The van der Waals surface area contributed by atoms with Crippen molar-refractivity contribution in [1.82, 2.24) is 4.98 Å². The van der Waals surface area contributed by atoms with Crippen molar-refractivity contribution >= 4 is 26.6 Å². The molecule has 8 nitrogen and oxygen atoms in total. The Morgan fingerprint density at radius 3 is 2.24 bits per heavy atom. The number of benzene rings is 2. The number of nitrogens with two attached hydrogens (primary N) is 1. The molecule has 3 rings (SSSR count). The summed E-state index contributed by atoms with van der Waals surface area (Å²) in [5.74, 6) is 1.16.